The van der Waals surface area contributed by atoms with E-state index in [1.165, 1.54) is 16.8 Å². The Morgan fingerprint density at radius 1 is 1.12 bits per heavy atom. The van der Waals surface area contributed by atoms with Crippen molar-refractivity contribution in [2.75, 3.05) is 5.32 Å². The van der Waals surface area contributed by atoms with Crippen LogP contribution in [-0.2, 0) is 13.3 Å². The highest BCUT2D eigenvalue weighted by Gasteiger charge is 2.18. The zero-order valence-electron chi connectivity index (χ0n) is 18.2. The number of ether oxygens (including phenoxy) is 1. The first-order valence-corrected chi connectivity index (χ1v) is 11.7. The van der Waals surface area contributed by atoms with E-state index in [9.17, 15) is 9.18 Å². The monoisotopic (exact) mass is 565 g/mol. The molecule has 0 aliphatic carbocycles. The summed E-state index contributed by atoms with van der Waals surface area (Å²) in [6, 6.07) is 11.1. The van der Waals surface area contributed by atoms with Gasteiger partial charge >= 0.3 is 0 Å². The molecule has 2 heterocycles. The van der Waals surface area contributed by atoms with Crippen molar-refractivity contribution in [3.63, 3.8) is 0 Å². The number of carbonyl (C=O) groups excluding carboxylic acids is 1. The Balaban J connectivity index is 1.43. The number of nitrogens with zero attached hydrogens (tertiary/aromatic N) is 4. The van der Waals surface area contributed by atoms with Crippen molar-refractivity contribution in [1.29, 1.82) is 0 Å². The van der Waals surface area contributed by atoms with Gasteiger partial charge in [-0.25, -0.2) is 9.07 Å². The number of amides is 1. The van der Waals surface area contributed by atoms with Crippen LogP contribution in [0.15, 0.2) is 53.1 Å². The third-order valence-electron chi connectivity index (χ3n) is 5.07. The van der Waals surface area contributed by atoms with Crippen molar-refractivity contribution in [3.8, 4) is 5.75 Å². The second-order valence-corrected chi connectivity index (χ2v) is 9.21. The third kappa shape index (κ3) is 5.43. The highest BCUT2D eigenvalue weighted by molar-refractivity contribution is 9.10. The molecule has 4 aromatic rings. The molecule has 0 aliphatic rings. The molecule has 1 N–H and O–H groups in total. The van der Waals surface area contributed by atoms with E-state index in [0.29, 0.717) is 33.7 Å². The summed E-state index contributed by atoms with van der Waals surface area (Å²) in [6.07, 6.45) is 1.64. The number of rotatable bonds is 7. The lowest BCUT2D eigenvalue weighted by molar-refractivity contribution is 0.102. The molecule has 11 heteroatoms. The quantitative estimate of drug-likeness (QED) is 0.287. The minimum Gasteiger partial charge on any atom is -0.470 e. The Morgan fingerprint density at radius 3 is 2.65 bits per heavy atom. The summed E-state index contributed by atoms with van der Waals surface area (Å²) >= 11 is 15.6. The summed E-state index contributed by atoms with van der Waals surface area (Å²) in [5.74, 6) is -0.280. The number of hydrogen-bond donors (Lipinski definition) is 1. The van der Waals surface area contributed by atoms with Crippen LogP contribution in [0.25, 0.3) is 0 Å². The summed E-state index contributed by atoms with van der Waals surface area (Å²) in [7, 11) is 0. The minimum atomic E-state index is -0.403. The van der Waals surface area contributed by atoms with Crippen molar-refractivity contribution < 1.29 is 13.9 Å². The van der Waals surface area contributed by atoms with E-state index in [-0.39, 0.29) is 18.3 Å². The fourth-order valence-electron chi connectivity index (χ4n) is 3.30. The molecule has 0 aliphatic heterocycles. The Labute approximate surface area is 213 Å². The fourth-order valence-corrected chi connectivity index (χ4v) is 4.26. The fraction of sp³-hybridized carbons (Fsp3) is 0.174. The van der Waals surface area contributed by atoms with Crippen LogP contribution in [0.1, 0.15) is 27.4 Å². The van der Waals surface area contributed by atoms with Gasteiger partial charge in [-0.15, -0.1) is 0 Å². The molecule has 0 radical (unpaired) electrons. The van der Waals surface area contributed by atoms with Crippen molar-refractivity contribution in [2.45, 2.75) is 27.1 Å². The van der Waals surface area contributed by atoms with Crippen LogP contribution in [0.2, 0.25) is 10.0 Å². The highest BCUT2D eigenvalue weighted by atomic mass is 79.9. The highest BCUT2D eigenvalue weighted by Crippen LogP contribution is 2.28. The zero-order valence-corrected chi connectivity index (χ0v) is 21.2. The maximum Gasteiger partial charge on any atom is 0.276 e. The average Bonchev–Trinajstić information content (AvgIpc) is 3.35. The molecule has 4 rings (SSSR count). The topological polar surface area (TPSA) is 74.0 Å². The molecule has 0 atom stereocenters. The van der Waals surface area contributed by atoms with Crippen molar-refractivity contribution in [3.05, 3.63) is 91.6 Å². The molecule has 176 valence electrons. The van der Waals surface area contributed by atoms with E-state index < -0.39 is 5.82 Å². The normalized spacial score (nSPS) is 11.0. The third-order valence-corrected chi connectivity index (χ3v) is 6.22. The van der Waals surface area contributed by atoms with Crippen LogP contribution in [0, 0.1) is 19.7 Å². The van der Waals surface area contributed by atoms with Gasteiger partial charge < -0.3 is 10.1 Å². The number of anilines is 1. The molecule has 0 fully saturated rings. The number of halogens is 4. The number of benzene rings is 2. The first-order chi connectivity index (χ1) is 16.2. The van der Waals surface area contributed by atoms with E-state index in [0.717, 1.165) is 15.7 Å². The van der Waals surface area contributed by atoms with Crippen molar-refractivity contribution >= 4 is 50.7 Å². The predicted molar refractivity (Wildman–Crippen MR) is 132 cm³/mol. The number of carbonyl (C=O) groups is 1. The summed E-state index contributed by atoms with van der Waals surface area (Å²) in [6.45, 7) is 4.05. The SMILES string of the molecule is Cc1nn(Cc2ccc(F)cc2Cl)c(C)c1NC(=O)c1ccn(COc2ccc(Br)cc2Cl)n1. The molecular weight excluding hydrogens is 548 g/mol. The number of aryl methyl sites for hydroxylation is 1. The van der Waals surface area contributed by atoms with Crippen LogP contribution in [0.3, 0.4) is 0 Å². The van der Waals surface area contributed by atoms with Crippen LogP contribution in [-0.4, -0.2) is 25.5 Å². The Hall–Kier alpha value is -2.88. The average molecular weight is 567 g/mol. The minimum absolute atomic E-state index is 0.0864. The number of nitrogens with one attached hydrogen (secondary N) is 1. The summed E-state index contributed by atoms with van der Waals surface area (Å²) in [5, 5.41) is 12.4. The molecule has 2 aromatic heterocycles. The van der Waals surface area contributed by atoms with E-state index in [2.05, 4.69) is 31.4 Å². The summed E-state index contributed by atoms with van der Waals surface area (Å²) < 4.78 is 23.0. The largest absolute Gasteiger partial charge is 0.470 e. The summed E-state index contributed by atoms with van der Waals surface area (Å²) in [5.41, 5.74) is 2.89. The van der Waals surface area contributed by atoms with Gasteiger partial charge in [-0.1, -0.05) is 45.2 Å². The molecule has 0 bridgehead atoms. The van der Waals surface area contributed by atoms with Crippen LogP contribution < -0.4 is 10.1 Å². The van der Waals surface area contributed by atoms with Gasteiger partial charge in [-0.3, -0.25) is 9.48 Å². The Bertz CT molecular complexity index is 1370. The first kappa shape index (κ1) is 24.3. The van der Waals surface area contributed by atoms with E-state index >= 15 is 0 Å². The second-order valence-electron chi connectivity index (χ2n) is 7.48. The van der Waals surface area contributed by atoms with Crippen LogP contribution in [0.4, 0.5) is 10.1 Å². The molecule has 0 spiro atoms. The Morgan fingerprint density at radius 2 is 1.91 bits per heavy atom. The van der Waals surface area contributed by atoms with Gasteiger partial charge in [0.25, 0.3) is 5.91 Å². The van der Waals surface area contributed by atoms with Crippen molar-refractivity contribution in [1.82, 2.24) is 19.6 Å². The van der Waals surface area contributed by atoms with Gasteiger partial charge in [0.2, 0.25) is 0 Å². The molecule has 1 amide bonds. The summed E-state index contributed by atoms with van der Waals surface area (Å²) in [4.78, 5) is 12.8. The molecule has 0 unspecified atom stereocenters. The van der Waals surface area contributed by atoms with Gasteiger partial charge in [-0.05, 0) is 55.8 Å². The number of hydrogen-bond acceptors (Lipinski definition) is 4. The Kier molecular flexibility index (Phi) is 7.25. The zero-order chi connectivity index (χ0) is 24.4. The molecular formula is C23H19BrCl2FN5O2. The predicted octanol–water partition coefficient (Wildman–Crippen LogP) is 6.24. The van der Waals surface area contributed by atoms with E-state index in [4.69, 9.17) is 27.9 Å². The maximum atomic E-state index is 13.3. The lowest BCUT2D eigenvalue weighted by atomic mass is 10.2. The molecule has 0 saturated heterocycles. The molecule has 7 nitrogen and oxygen atoms in total. The second kappa shape index (κ2) is 10.2. The molecule has 2 aromatic carbocycles. The van der Waals surface area contributed by atoms with E-state index in [1.54, 1.807) is 42.1 Å². The van der Waals surface area contributed by atoms with Crippen LogP contribution >= 0.6 is 39.1 Å². The van der Waals surface area contributed by atoms with Gasteiger partial charge in [0.1, 0.15) is 11.6 Å². The smallest absolute Gasteiger partial charge is 0.276 e. The standard InChI is InChI=1S/C23H19BrCl2FN5O2/c1-13-22(14(2)32(29-13)11-15-3-5-17(27)10-18(15)25)28-23(33)20-7-8-31(30-20)12-34-21-6-4-16(24)9-19(21)26/h3-10H,11-12H2,1-2H3,(H,28,33). The lowest BCUT2D eigenvalue weighted by Crippen LogP contribution is -2.15. The first-order valence-electron chi connectivity index (χ1n) is 10.1. The number of aromatic nitrogens is 4. The van der Waals surface area contributed by atoms with Gasteiger partial charge in [-0.2, -0.15) is 10.2 Å². The van der Waals surface area contributed by atoms with Gasteiger partial charge in [0.05, 0.1) is 28.6 Å². The van der Waals surface area contributed by atoms with Gasteiger partial charge in [0.15, 0.2) is 12.4 Å². The lowest BCUT2D eigenvalue weighted by Gasteiger charge is -2.09. The van der Waals surface area contributed by atoms with E-state index in [1.807, 2.05) is 13.0 Å². The molecule has 34 heavy (non-hydrogen) atoms. The van der Waals surface area contributed by atoms with Crippen LogP contribution in [0.5, 0.6) is 5.75 Å². The van der Waals surface area contributed by atoms with Gasteiger partial charge in [0, 0.05) is 15.7 Å². The van der Waals surface area contributed by atoms with Crippen molar-refractivity contribution in [2.24, 2.45) is 0 Å². The maximum absolute atomic E-state index is 13.3. The molecule has 0 saturated carbocycles.